The Kier molecular flexibility index (Phi) is 4.82. The molecule has 1 saturated heterocycles. The maximum absolute atomic E-state index is 12.8. The molecule has 148 valence electrons. The van der Waals surface area contributed by atoms with Gasteiger partial charge in [-0.3, -0.25) is 19.7 Å². The zero-order valence-corrected chi connectivity index (χ0v) is 15.6. The predicted molar refractivity (Wildman–Crippen MR) is 96.4 cm³/mol. The lowest BCUT2D eigenvalue weighted by Gasteiger charge is -2.34. The maximum atomic E-state index is 12.8. The summed E-state index contributed by atoms with van der Waals surface area (Å²) in [6, 6.07) is -0.424. The minimum Gasteiger partial charge on any atom is -0.353 e. The zero-order chi connectivity index (χ0) is 19.0. The lowest BCUT2D eigenvalue weighted by atomic mass is 9.82. The highest BCUT2D eigenvalue weighted by atomic mass is 16.2. The summed E-state index contributed by atoms with van der Waals surface area (Å²) in [6.45, 7) is -0.186. The standard InChI is InChI=1S/C19H28N4O4/c24-15(10-23-11-16(25)22-18(23)27)20-13-2-1-3-14(8-13)21-17(26)19-6-4-12(9-19)5-7-19/h12-14H,1-11H2,(H,20,24)(H,21,26)(H,22,25,27)/t12?,13-,14-,19?/m1/s1. The van der Waals surface area contributed by atoms with Crippen molar-refractivity contribution in [1.29, 1.82) is 0 Å². The van der Waals surface area contributed by atoms with Gasteiger partial charge in [-0.15, -0.1) is 0 Å². The van der Waals surface area contributed by atoms with Crippen LogP contribution >= 0.6 is 0 Å². The third-order valence-electron chi connectivity index (χ3n) is 6.80. The molecule has 2 bridgehead atoms. The van der Waals surface area contributed by atoms with Crippen LogP contribution in [0.1, 0.15) is 57.8 Å². The van der Waals surface area contributed by atoms with Crippen LogP contribution in [0.15, 0.2) is 0 Å². The number of hydrogen-bond donors (Lipinski definition) is 3. The first-order chi connectivity index (χ1) is 12.9. The molecule has 3 N–H and O–H groups in total. The highest BCUT2D eigenvalue weighted by molar-refractivity contribution is 6.03. The monoisotopic (exact) mass is 376 g/mol. The summed E-state index contributed by atoms with van der Waals surface area (Å²) in [5, 5.41) is 8.39. The lowest BCUT2D eigenvalue weighted by Crippen LogP contribution is -2.50. The third kappa shape index (κ3) is 3.80. The van der Waals surface area contributed by atoms with Gasteiger partial charge in [0.2, 0.25) is 17.7 Å². The summed E-state index contributed by atoms with van der Waals surface area (Å²) in [4.78, 5) is 49.0. The van der Waals surface area contributed by atoms with E-state index in [2.05, 4.69) is 16.0 Å². The number of urea groups is 1. The molecule has 0 aromatic heterocycles. The van der Waals surface area contributed by atoms with E-state index in [9.17, 15) is 19.2 Å². The summed E-state index contributed by atoms with van der Waals surface area (Å²) in [6.07, 6.45) is 8.95. The maximum Gasteiger partial charge on any atom is 0.325 e. The second-order valence-corrected chi connectivity index (χ2v) is 8.74. The summed E-state index contributed by atoms with van der Waals surface area (Å²) in [5.74, 6) is 0.314. The molecule has 0 spiro atoms. The Morgan fingerprint density at radius 2 is 1.78 bits per heavy atom. The van der Waals surface area contributed by atoms with Crippen LogP contribution in [0.4, 0.5) is 4.79 Å². The van der Waals surface area contributed by atoms with Crippen LogP contribution in [0.25, 0.3) is 0 Å². The van der Waals surface area contributed by atoms with E-state index in [1.54, 1.807) is 0 Å². The molecule has 3 aliphatic carbocycles. The van der Waals surface area contributed by atoms with Crippen LogP contribution in [0.3, 0.4) is 0 Å². The van der Waals surface area contributed by atoms with Crippen molar-refractivity contribution >= 4 is 23.8 Å². The van der Waals surface area contributed by atoms with Gasteiger partial charge >= 0.3 is 6.03 Å². The first kappa shape index (κ1) is 18.3. The highest BCUT2D eigenvalue weighted by Gasteiger charge is 2.50. The quantitative estimate of drug-likeness (QED) is 0.613. The summed E-state index contributed by atoms with van der Waals surface area (Å²) >= 11 is 0. The second kappa shape index (κ2) is 7.13. The fourth-order valence-corrected chi connectivity index (χ4v) is 5.36. The molecule has 1 heterocycles. The molecular formula is C19H28N4O4. The van der Waals surface area contributed by atoms with Gasteiger partial charge < -0.3 is 15.5 Å². The normalized spacial score (nSPS) is 35.3. The largest absolute Gasteiger partial charge is 0.353 e. The average Bonchev–Trinajstić information content (AvgIpc) is 3.31. The van der Waals surface area contributed by atoms with Gasteiger partial charge in [-0.05, 0) is 63.7 Å². The van der Waals surface area contributed by atoms with E-state index < -0.39 is 6.03 Å². The number of fused-ring (bicyclic) bond motifs is 2. The van der Waals surface area contributed by atoms with Crippen molar-refractivity contribution in [3.8, 4) is 0 Å². The molecule has 3 saturated carbocycles. The molecule has 0 unspecified atom stereocenters. The van der Waals surface area contributed by atoms with E-state index in [1.807, 2.05) is 0 Å². The number of imide groups is 1. The molecule has 5 amide bonds. The number of nitrogens with one attached hydrogen (secondary N) is 3. The van der Waals surface area contributed by atoms with Gasteiger partial charge in [-0.2, -0.15) is 0 Å². The van der Waals surface area contributed by atoms with Gasteiger partial charge in [-0.1, -0.05) is 0 Å². The molecule has 4 aliphatic rings. The molecule has 8 nitrogen and oxygen atoms in total. The number of carbonyl (C=O) groups is 4. The predicted octanol–water partition coefficient (Wildman–Crippen LogP) is 0.662. The SMILES string of the molecule is O=C1CN(CC(=O)N[C@@H]2CCC[C@@H](NC(=O)C34CCC(CC3)C4)C2)C(=O)N1. The fourth-order valence-electron chi connectivity index (χ4n) is 5.36. The fraction of sp³-hybridized carbons (Fsp3) is 0.789. The van der Waals surface area contributed by atoms with E-state index >= 15 is 0 Å². The minimum atomic E-state index is -0.519. The summed E-state index contributed by atoms with van der Waals surface area (Å²) in [5.41, 5.74) is -0.128. The first-order valence-electron chi connectivity index (χ1n) is 10.1. The Balaban J connectivity index is 1.25. The average molecular weight is 376 g/mol. The topological polar surface area (TPSA) is 108 Å². The number of rotatable bonds is 5. The first-order valence-corrected chi connectivity index (χ1v) is 10.1. The number of nitrogens with zero attached hydrogens (tertiary/aromatic N) is 1. The van der Waals surface area contributed by atoms with Crippen molar-refractivity contribution in [1.82, 2.24) is 20.9 Å². The van der Waals surface area contributed by atoms with Crippen LogP contribution in [0.5, 0.6) is 0 Å². The van der Waals surface area contributed by atoms with Crippen LogP contribution in [0.2, 0.25) is 0 Å². The van der Waals surface area contributed by atoms with Crippen LogP contribution in [0, 0.1) is 11.3 Å². The molecule has 1 aliphatic heterocycles. The van der Waals surface area contributed by atoms with Gasteiger partial charge in [0.15, 0.2) is 0 Å². The molecule has 2 atom stereocenters. The van der Waals surface area contributed by atoms with Crippen molar-refractivity contribution in [3.63, 3.8) is 0 Å². The molecule has 27 heavy (non-hydrogen) atoms. The van der Waals surface area contributed by atoms with Crippen molar-refractivity contribution in [2.75, 3.05) is 13.1 Å². The van der Waals surface area contributed by atoms with Crippen molar-refractivity contribution in [2.45, 2.75) is 69.9 Å². The number of hydrogen-bond acceptors (Lipinski definition) is 4. The lowest BCUT2D eigenvalue weighted by molar-refractivity contribution is -0.131. The Labute approximate surface area is 158 Å². The highest BCUT2D eigenvalue weighted by Crippen LogP contribution is 2.54. The van der Waals surface area contributed by atoms with Crippen LogP contribution in [-0.2, 0) is 14.4 Å². The Morgan fingerprint density at radius 3 is 2.37 bits per heavy atom. The van der Waals surface area contributed by atoms with E-state index in [4.69, 9.17) is 0 Å². The summed E-state index contributed by atoms with van der Waals surface area (Å²) in [7, 11) is 0. The molecular weight excluding hydrogens is 348 g/mol. The third-order valence-corrected chi connectivity index (χ3v) is 6.80. The Hall–Kier alpha value is -2.12. The van der Waals surface area contributed by atoms with Gasteiger partial charge in [0, 0.05) is 17.5 Å². The van der Waals surface area contributed by atoms with Crippen molar-refractivity contribution in [2.24, 2.45) is 11.3 Å². The van der Waals surface area contributed by atoms with Crippen molar-refractivity contribution < 1.29 is 19.2 Å². The van der Waals surface area contributed by atoms with E-state index in [1.165, 1.54) is 17.7 Å². The van der Waals surface area contributed by atoms with Crippen molar-refractivity contribution in [3.05, 3.63) is 0 Å². The van der Waals surface area contributed by atoms with Gasteiger partial charge in [0.25, 0.3) is 0 Å². The van der Waals surface area contributed by atoms with Crippen LogP contribution in [-0.4, -0.2) is 53.8 Å². The number of amides is 5. The smallest absolute Gasteiger partial charge is 0.325 e. The van der Waals surface area contributed by atoms with Gasteiger partial charge in [-0.25, -0.2) is 4.79 Å². The van der Waals surface area contributed by atoms with Gasteiger partial charge in [0.05, 0.1) is 0 Å². The van der Waals surface area contributed by atoms with Crippen LogP contribution < -0.4 is 16.0 Å². The van der Waals surface area contributed by atoms with E-state index in [0.29, 0.717) is 0 Å². The molecule has 4 rings (SSSR count). The number of carbonyl (C=O) groups excluding carboxylic acids is 4. The second-order valence-electron chi connectivity index (χ2n) is 8.74. The minimum absolute atomic E-state index is 0.00433. The molecule has 4 fully saturated rings. The summed E-state index contributed by atoms with van der Waals surface area (Å²) < 4.78 is 0. The molecule has 0 radical (unpaired) electrons. The van der Waals surface area contributed by atoms with Gasteiger partial charge in [0.1, 0.15) is 13.1 Å². The van der Waals surface area contributed by atoms with E-state index in [0.717, 1.165) is 50.9 Å². The molecule has 8 heteroatoms. The molecule has 0 aromatic carbocycles. The Morgan fingerprint density at radius 1 is 1.07 bits per heavy atom. The zero-order valence-electron chi connectivity index (χ0n) is 15.6. The van der Waals surface area contributed by atoms with E-state index in [-0.39, 0.29) is 48.3 Å². The Bertz CT molecular complexity index is 656. The molecule has 0 aromatic rings.